The Hall–Kier alpha value is -1.91. The fourth-order valence-electron chi connectivity index (χ4n) is 3.19. The summed E-state index contributed by atoms with van der Waals surface area (Å²) in [5.74, 6) is -0.531. The lowest BCUT2D eigenvalue weighted by molar-refractivity contribution is 0.0386. The maximum Gasteiger partial charge on any atom is 0.340 e. The number of ether oxygens (including phenoxy) is 2. The van der Waals surface area contributed by atoms with Gasteiger partial charge in [-0.1, -0.05) is 0 Å². The van der Waals surface area contributed by atoms with E-state index in [1.165, 1.54) is 13.4 Å². The number of H-pyrrole nitrogens is 1. The molecular weight excluding hydrogens is 386 g/mol. The van der Waals surface area contributed by atoms with Crippen LogP contribution in [0.3, 0.4) is 0 Å². The van der Waals surface area contributed by atoms with Gasteiger partial charge in [0.1, 0.15) is 22.1 Å². The van der Waals surface area contributed by atoms with Crippen LogP contribution in [0.5, 0.6) is 0 Å². The minimum atomic E-state index is -3.00. The number of methoxy groups -OCH3 is 1. The van der Waals surface area contributed by atoms with Crippen molar-refractivity contribution >= 4 is 21.7 Å². The van der Waals surface area contributed by atoms with E-state index in [0.717, 1.165) is 0 Å². The van der Waals surface area contributed by atoms with Crippen LogP contribution in [0, 0.1) is 13.8 Å². The second-order valence-electron chi connectivity index (χ2n) is 7.02. The highest BCUT2D eigenvalue weighted by Crippen LogP contribution is 2.21. The topological polar surface area (TPSA) is 109 Å². The fraction of sp³-hybridized carbons (Fsp3) is 0.667. The van der Waals surface area contributed by atoms with Gasteiger partial charge in [0.05, 0.1) is 17.9 Å². The van der Waals surface area contributed by atoms with E-state index in [4.69, 9.17) is 9.47 Å². The number of aromatic nitrogens is 1. The number of sulfone groups is 1. The molecule has 1 N–H and O–H groups in total. The molecule has 0 bridgehead atoms. The number of hydrogen-bond acceptors (Lipinski definition) is 7. The van der Waals surface area contributed by atoms with Gasteiger partial charge in [0.15, 0.2) is 0 Å². The summed E-state index contributed by atoms with van der Waals surface area (Å²) in [5.41, 5.74) is 1.94. The van der Waals surface area contributed by atoms with E-state index in [9.17, 15) is 18.0 Å². The second kappa shape index (κ2) is 9.53. The van der Waals surface area contributed by atoms with Gasteiger partial charge in [0, 0.05) is 51.8 Å². The van der Waals surface area contributed by atoms with Crippen LogP contribution in [0.1, 0.15) is 32.1 Å². The zero-order valence-electron chi connectivity index (χ0n) is 16.9. The molecule has 158 valence electrons. The van der Waals surface area contributed by atoms with Gasteiger partial charge in [0.2, 0.25) is 0 Å². The van der Waals surface area contributed by atoms with Crippen LogP contribution < -0.4 is 0 Å². The number of hydrogen-bond donors (Lipinski definition) is 1. The first-order valence-corrected chi connectivity index (χ1v) is 11.2. The lowest BCUT2D eigenvalue weighted by Gasteiger charge is -2.34. The third kappa shape index (κ3) is 5.79. The molecule has 1 fully saturated rings. The smallest absolute Gasteiger partial charge is 0.340 e. The van der Waals surface area contributed by atoms with Crippen molar-refractivity contribution in [2.45, 2.75) is 13.8 Å². The largest absolute Gasteiger partial charge is 0.460 e. The molecule has 2 heterocycles. The minimum Gasteiger partial charge on any atom is -0.460 e. The number of aromatic amines is 1. The molecular formula is C18H29N3O6S. The van der Waals surface area contributed by atoms with Crippen molar-refractivity contribution in [1.82, 2.24) is 14.8 Å². The number of carbonyl (C=O) groups is 2. The first-order valence-electron chi connectivity index (χ1n) is 9.18. The number of nitrogens with one attached hydrogen (secondary N) is 1. The zero-order chi connectivity index (χ0) is 20.9. The Morgan fingerprint density at radius 3 is 2.32 bits per heavy atom. The molecule has 0 radical (unpaired) electrons. The molecule has 0 aliphatic carbocycles. The van der Waals surface area contributed by atoms with Crippen LogP contribution in [-0.4, -0.2) is 100 Å². The normalized spacial score (nSPS) is 15.6. The van der Waals surface area contributed by atoms with Crippen LogP contribution in [-0.2, 0) is 19.3 Å². The third-order valence-electron chi connectivity index (χ3n) is 4.81. The van der Waals surface area contributed by atoms with Crippen molar-refractivity contribution in [1.29, 1.82) is 0 Å². The van der Waals surface area contributed by atoms with E-state index in [0.29, 0.717) is 61.8 Å². The highest BCUT2D eigenvalue weighted by Gasteiger charge is 2.28. The highest BCUT2D eigenvalue weighted by molar-refractivity contribution is 7.90. The summed E-state index contributed by atoms with van der Waals surface area (Å²) in [6.45, 7) is 6.64. The summed E-state index contributed by atoms with van der Waals surface area (Å²) in [6.07, 6.45) is 1.22. The van der Waals surface area contributed by atoms with Gasteiger partial charge in [0.25, 0.3) is 5.91 Å². The Morgan fingerprint density at radius 2 is 1.75 bits per heavy atom. The highest BCUT2D eigenvalue weighted by atomic mass is 32.2. The van der Waals surface area contributed by atoms with Crippen molar-refractivity contribution in [2.24, 2.45) is 0 Å². The molecule has 9 nitrogen and oxygen atoms in total. The number of piperazine rings is 1. The van der Waals surface area contributed by atoms with Crippen LogP contribution in [0.2, 0.25) is 0 Å². The second-order valence-corrected chi connectivity index (χ2v) is 9.28. The SMILES string of the molecule is COCCOC(=O)c1c(C)[nH]c(C(=O)N2CCN(CCS(C)(=O)=O)CC2)c1C. The van der Waals surface area contributed by atoms with E-state index in [1.807, 2.05) is 4.90 Å². The summed E-state index contributed by atoms with van der Waals surface area (Å²) in [4.78, 5) is 32.0. The summed E-state index contributed by atoms with van der Waals surface area (Å²) < 4.78 is 32.6. The lowest BCUT2D eigenvalue weighted by Crippen LogP contribution is -2.49. The molecule has 0 saturated carbocycles. The molecule has 10 heteroatoms. The minimum absolute atomic E-state index is 0.115. The molecule has 1 saturated heterocycles. The maximum atomic E-state index is 12.9. The molecule has 1 amide bonds. The monoisotopic (exact) mass is 415 g/mol. The molecule has 0 unspecified atom stereocenters. The van der Waals surface area contributed by atoms with Gasteiger partial charge in [-0.25, -0.2) is 13.2 Å². The number of rotatable bonds is 8. The van der Waals surface area contributed by atoms with Gasteiger partial charge in [-0.2, -0.15) is 0 Å². The van der Waals surface area contributed by atoms with E-state index in [-0.39, 0.29) is 18.3 Å². The fourth-order valence-corrected chi connectivity index (χ4v) is 3.78. The Bertz CT molecular complexity index is 810. The lowest BCUT2D eigenvalue weighted by atomic mass is 10.1. The zero-order valence-corrected chi connectivity index (χ0v) is 17.7. The van der Waals surface area contributed by atoms with Crippen LogP contribution in [0.4, 0.5) is 0 Å². The number of nitrogens with zero attached hydrogens (tertiary/aromatic N) is 2. The first-order chi connectivity index (χ1) is 13.1. The Balaban J connectivity index is 2.00. The Labute approximate surface area is 165 Å². The predicted octanol–water partition coefficient (Wildman–Crippen LogP) is 0.237. The van der Waals surface area contributed by atoms with Crippen LogP contribution in [0.15, 0.2) is 0 Å². The van der Waals surface area contributed by atoms with Gasteiger partial charge < -0.3 is 19.4 Å². The van der Waals surface area contributed by atoms with Gasteiger partial charge in [-0.3, -0.25) is 9.69 Å². The number of esters is 1. The third-order valence-corrected chi connectivity index (χ3v) is 5.74. The predicted molar refractivity (Wildman–Crippen MR) is 104 cm³/mol. The van der Waals surface area contributed by atoms with E-state index in [2.05, 4.69) is 4.98 Å². The molecule has 0 spiro atoms. The summed E-state index contributed by atoms with van der Waals surface area (Å²) in [7, 11) is -1.47. The molecule has 0 aromatic carbocycles. The average Bonchev–Trinajstić information content (AvgIpc) is 2.93. The average molecular weight is 416 g/mol. The molecule has 1 aliphatic rings. The molecule has 1 aromatic rings. The van der Waals surface area contributed by atoms with Crippen molar-refractivity contribution in [3.8, 4) is 0 Å². The Kier molecular flexibility index (Phi) is 7.62. The molecule has 2 rings (SSSR count). The van der Waals surface area contributed by atoms with Crippen molar-refractivity contribution in [3.05, 3.63) is 22.5 Å². The van der Waals surface area contributed by atoms with Crippen LogP contribution in [0.25, 0.3) is 0 Å². The number of carbonyl (C=O) groups excluding carboxylic acids is 2. The van der Waals surface area contributed by atoms with E-state index in [1.54, 1.807) is 18.7 Å². The molecule has 1 aliphatic heterocycles. The van der Waals surface area contributed by atoms with Crippen molar-refractivity contribution in [3.63, 3.8) is 0 Å². The number of amides is 1. The van der Waals surface area contributed by atoms with Gasteiger partial charge in [-0.05, 0) is 19.4 Å². The maximum absolute atomic E-state index is 12.9. The molecule has 0 atom stereocenters. The Morgan fingerprint density at radius 1 is 1.11 bits per heavy atom. The van der Waals surface area contributed by atoms with E-state index < -0.39 is 15.8 Å². The van der Waals surface area contributed by atoms with Crippen LogP contribution >= 0.6 is 0 Å². The summed E-state index contributed by atoms with van der Waals surface area (Å²) in [6, 6.07) is 0. The summed E-state index contributed by atoms with van der Waals surface area (Å²) in [5, 5.41) is 0. The first kappa shape index (κ1) is 22.4. The molecule has 28 heavy (non-hydrogen) atoms. The van der Waals surface area contributed by atoms with Crippen molar-refractivity contribution in [2.75, 3.05) is 65.1 Å². The summed E-state index contributed by atoms with van der Waals surface area (Å²) >= 11 is 0. The number of aryl methyl sites for hydroxylation is 1. The van der Waals surface area contributed by atoms with Gasteiger partial charge in [-0.15, -0.1) is 0 Å². The quantitative estimate of drug-likeness (QED) is 0.478. The van der Waals surface area contributed by atoms with Crippen molar-refractivity contribution < 1.29 is 27.5 Å². The van der Waals surface area contributed by atoms with E-state index >= 15 is 0 Å². The van der Waals surface area contributed by atoms with Gasteiger partial charge >= 0.3 is 5.97 Å². The molecule has 1 aromatic heterocycles. The standard InChI is InChI=1S/C18H29N3O6S/c1-13-15(18(23)27-11-10-26-3)14(2)19-16(13)17(22)21-7-5-20(6-8-21)9-12-28(4,24)25/h19H,5-12H2,1-4H3.